The van der Waals surface area contributed by atoms with E-state index in [4.69, 9.17) is 0 Å². The molecule has 0 aliphatic heterocycles. The van der Waals surface area contributed by atoms with E-state index in [9.17, 15) is 9.67 Å². The van der Waals surface area contributed by atoms with E-state index in [1.54, 1.807) is 0 Å². The highest BCUT2D eigenvalue weighted by Gasteiger charge is 2.31. The second-order valence-electron chi connectivity index (χ2n) is 9.81. The predicted molar refractivity (Wildman–Crippen MR) is 129 cm³/mol. The fourth-order valence-electron chi connectivity index (χ4n) is 3.45. The molecular weight excluding hydrogens is 389 g/mol. The van der Waals surface area contributed by atoms with Crippen LogP contribution in [-0.2, 0) is 15.4 Å². The van der Waals surface area contributed by atoms with Gasteiger partial charge in [-0.1, -0.05) is 84.0 Å². The SMILES string of the molecule is CC(C)(C)c1cc(NP(=O)(c2ccccc2)c2ccccc2)c(O)c(C(C)(C)C)c1. The Labute approximate surface area is 180 Å². The van der Waals surface area contributed by atoms with E-state index < -0.39 is 7.29 Å². The molecule has 0 spiro atoms. The van der Waals surface area contributed by atoms with Crippen molar-refractivity contribution in [1.82, 2.24) is 0 Å². The van der Waals surface area contributed by atoms with Gasteiger partial charge in [0.2, 0.25) is 7.29 Å². The molecule has 0 saturated heterocycles. The van der Waals surface area contributed by atoms with Gasteiger partial charge in [0, 0.05) is 16.2 Å². The Hall–Kier alpha value is -2.51. The number of anilines is 1. The number of phenolic OH excluding ortho intramolecular Hbond substituents is 1. The molecule has 0 radical (unpaired) electrons. The van der Waals surface area contributed by atoms with Crippen LogP contribution in [-0.4, -0.2) is 5.11 Å². The monoisotopic (exact) mass is 421 g/mol. The summed E-state index contributed by atoms with van der Waals surface area (Å²) < 4.78 is 14.4. The van der Waals surface area contributed by atoms with Crippen LogP contribution >= 0.6 is 7.29 Å². The van der Waals surface area contributed by atoms with E-state index in [2.05, 4.69) is 52.7 Å². The number of hydrogen-bond donors (Lipinski definition) is 2. The van der Waals surface area contributed by atoms with Gasteiger partial charge in [0.1, 0.15) is 5.75 Å². The third-order valence-electron chi connectivity index (χ3n) is 5.30. The third kappa shape index (κ3) is 4.47. The van der Waals surface area contributed by atoms with Crippen molar-refractivity contribution in [2.24, 2.45) is 0 Å². The molecule has 0 atom stereocenters. The molecule has 0 heterocycles. The molecule has 2 N–H and O–H groups in total. The zero-order valence-electron chi connectivity index (χ0n) is 18.7. The first-order chi connectivity index (χ1) is 13.9. The van der Waals surface area contributed by atoms with Gasteiger partial charge in [-0.25, -0.2) is 0 Å². The molecule has 0 aliphatic carbocycles. The van der Waals surface area contributed by atoms with Crippen molar-refractivity contribution < 1.29 is 9.67 Å². The number of nitrogens with one attached hydrogen (secondary N) is 1. The van der Waals surface area contributed by atoms with E-state index in [0.717, 1.165) is 11.1 Å². The van der Waals surface area contributed by atoms with Gasteiger partial charge in [0.05, 0.1) is 5.69 Å². The Morgan fingerprint density at radius 3 is 1.60 bits per heavy atom. The summed E-state index contributed by atoms with van der Waals surface area (Å²) in [4.78, 5) is 0. The second kappa shape index (κ2) is 7.96. The van der Waals surface area contributed by atoms with Crippen LogP contribution in [0, 0.1) is 0 Å². The van der Waals surface area contributed by atoms with Crippen molar-refractivity contribution in [2.45, 2.75) is 52.4 Å². The second-order valence-corrected chi connectivity index (χ2v) is 12.3. The predicted octanol–water partition coefficient (Wildman–Crippen LogP) is 6.33. The zero-order chi connectivity index (χ0) is 22.2. The van der Waals surface area contributed by atoms with E-state index >= 15 is 0 Å². The van der Waals surface area contributed by atoms with E-state index in [1.807, 2.05) is 66.7 Å². The summed E-state index contributed by atoms with van der Waals surface area (Å²) in [5, 5.41) is 15.9. The fourth-order valence-corrected chi connectivity index (χ4v) is 5.70. The Morgan fingerprint density at radius 1 is 0.733 bits per heavy atom. The maximum absolute atomic E-state index is 14.4. The molecule has 0 bridgehead atoms. The lowest BCUT2D eigenvalue weighted by Gasteiger charge is -2.29. The van der Waals surface area contributed by atoms with Crippen molar-refractivity contribution in [3.05, 3.63) is 83.9 Å². The Balaban J connectivity index is 2.24. The Bertz CT molecular complexity index is 1020. The first kappa shape index (κ1) is 22.2. The number of hydrogen-bond acceptors (Lipinski definition) is 2. The van der Waals surface area contributed by atoms with E-state index in [0.29, 0.717) is 16.3 Å². The quantitative estimate of drug-likeness (QED) is 0.382. The summed E-state index contributed by atoms with van der Waals surface area (Å²) in [7, 11) is -3.23. The van der Waals surface area contributed by atoms with Gasteiger partial charge in [-0.3, -0.25) is 4.57 Å². The number of benzene rings is 3. The minimum atomic E-state index is -3.23. The number of rotatable bonds is 4. The van der Waals surface area contributed by atoms with Crippen LogP contribution in [0.3, 0.4) is 0 Å². The average molecular weight is 422 g/mol. The number of aromatic hydroxyl groups is 1. The first-order valence-corrected chi connectivity index (χ1v) is 12.0. The van der Waals surface area contributed by atoms with Crippen molar-refractivity contribution in [1.29, 1.82) is 0 Å². The highest BCUT2D eigenvalue weighted by atomic mass is 31.2. The molecule has 0 unspecified atom stereocenters. The van der Waals surface area contributed by atoms with Crippen LogP contribution in [0.1, 0.15) is 52.7 Å². The Kier molecular flexibility index (Phi) is 5.89. The van der Waals surface area contributed by atoms with Gasteiger partial charge < -0.3 is 10.2 Å². The van der Waals surface area contributed by atoms with E-state index in [-0.39, 0.29) is 16.6 Å². The molecular formula is C26H32NO2P. The number of phenols is 1. The van der Waals surface area contributed by atoms with Crippen molar-refractivity contribution in [2.75, 3.05) is 5.09 Å². The Morgan fingerprint density at radius 2 is 1.20 bits per heavy atom. The van der Waals surface area contributed by atoms with Crippen molar-refractivity contribution in [3.63, 3.8) is 0 Å². The van der Waals surface area contributed by atoms with Crippen LogP contribution in [0.4, 0.5) is 5.69 Å². The highest BCUT2D eigenvalue weighted by molar-refractivity contribution is 7.80. The normalized spacial score (nSPS) is 12.6. The topological polar surface area (TPSA) is 49.3 Å². The van der Waals surface area contributed by atoms with Crippen molar-refractivity contribution in [3.8, 4) is 5.75 Å². The minimum absolute atomic E-state index is 0.117. The average Bonchev–Trinajstić information content (AvgIpc) is 2.69. The van der Waals surface area contributed by atoms with Crippen LogP contribution in [0.2, 0.25) is 0 Å². The summed E-state index contributed by atoms with van der Waals surface area (Å²) in [6.45, 7) is 12.7. The summed E-state index contributed by atoms with van der Waals surface area (Å²) in [5.74, 6) is 0.155. The molecule has 158 valence electrons. The van der Waals surface area contributed by atoms with Crippen molar-refractivity contribution >= 4 is 23.6 Å². The lowest BCUT2D eigenvalue weighted by Crippen LogP contribution is -2.23. The zero-order valence-corrected chi connectivity index (χ0v) is 19.6. The first-order valence-electron chi connectivity index (χ1n) is 10.3. The van der Waals surface area contributed by atoms with Gasteiger partial charge in [0.25, 0.3) is 0 Å². The van der Waals surface area contributed by atoms with E-state index in [1.165, 1.54) is 0 Å². The standard InChI is InChI=1S/C26H32NO2P/c1-25(2,3)19-17-22(26(4,5)6)24(28)23(18-19)27-30(29,20-13-9-7-10-14-20)21-15-11-8-12-16-21/h7-18,28H,1-6H3,(H,27,29). The van der Waals surface area contributed by atoms with Gasteiger partial charge >= 0.3 is 0 Å². The van der Waals surface area contributed by atoms with Crippen LogP contribution in [0.25, 0.3) is 0 Å². The summed E-state index contributed by atoms with van der Waals surface area (Å²) in [6.07, 6.45) is 0. The largest absolute Gasteiger partial charge is 0.505 e. The van der Waals surface area contributed by atoms with Crippen LogP contribution < -0.4 is 15.7 Å². The van der Waals surface area contributed by atoms with Gasteiger partial charge in [0.15, 0.2) is 0 Å². The smallest absolute Gasteiger partial charge is 0.227 e. The molecule has 30 heavy (non-hydrogen) atoms. The summed E-state index contributed by atoms with van der Waals surface area (Å²) in [5.41, 5.74) is 2.05. The lowest BCUT2D eigenvalue weighted by molar-refractivity contribution is 0.447. The van der Waals surface area contributed by atoms with Gasteiger partial charge in [-0.15, -0.1) is 0 Å². The molecule has 0 fully saturated rings. The molecule has 0 amide bonds. The molecule has 3 rings (SSSR count). The van der Waals surface area contributed by atoms with Gasteiger partial charge in [-0.05, 0) is 46.7 Å². The molecule has 3 aromatic rings. The molecule has 0 aromatic heterocycles. The third-order valence-corrected chi connectivity index (χ3v) is 7.91. The summed E-state index contributed by atoms with van der Waals surface area (Å²) in [6, 6.07) is 22.9. The fraction of sp³-hybridized carbons (Fsp3) is 0.308. The molecule has 4 heteroatoms. The van der Waals surface area contributed by atoms with Gasteiger partial charge in [-0.2, -0.15) is 0 Å². The van der Waals surface area contributed by atoms with Crippen LogP contribution in [0.15, 0.2) is 72.8 Å². The molecule has 3 aromatic carbocycles. The van der Waals surface area contributed by atoms with Crippen LogP contribution in [0.5, 0.6) is 5.75 Å². The maximum Gasteiger partial charge on any atom is 0.227 e. The minimum Gasteiger partial charge on any atom is -0.505 e. The molecule has 3 nitrogen and oxygen atoms in total. The summed E-state index contributed by atoms with van der Waals surface area (Å²) >= 11 is 0. The molecule has 0 aliphatic rings. The lowest BCUT2D eigenvalue weighted by atomic mass is 9.80. The highest BCUT2D eigenvalue weighted by Crippen LogP contribution is 2.48. The molecule has 0 saturated carbocycles. The maximum atomic E-state index is 14.4.